The summed E-state index contributed by atoms with van der Waals surface area (Å²) in [4.78, 5) is 23.7. The van der Waals surface area contributed by atoms with Crippen molar-refractivity contribution in [3.8, 4) is 0 Å². The monoisotopic (exact) mass is 206 g/mol. The second-order valence-electron chi connectivity index (χ2n) is 5.26. The molecule has 80 valence electrons. The maximum absolute atomic E-state index is 11.9. The minimum absolute atomic E-state index is 0.173. The quantitative estimate of drug-likeness (QED) is 0.344. The van der Waals surface area contributed by atoms with Crippen LogP contribution in [0.2, 0.25) is 0 Å². The van der Waals surface area contributed by atoms with E-state index in [1.165, 1.54) is 0 Å². The number of allylic oxidation sites excluding steroid dienone is 2. The fourth-order valence-electron chi connectivity index (χ4n) is 3.58. The molecule has 15 heavy (non-hydrogen) atoms. The molecule has 1 saturated heterocycles. The van der Waals surface area contributed by atoms with E-state index < -0.39 is 10.8 Å². The maximum Gasteiger partial charge on any atom is 0.321 e. The minimum Gasteiger partial charge on any atom is -0.392 e. The molecule has 1 heterocycles. The number of rotatable bonds is 0. The number of carbonyl (C=O) groups excluding carboxylic acids is 2. The molecule has 3 aliphatic carbocycles. The largest absolute Gasteiger partial charge is 0.392 e. The molecule has 2 bridgehead atoms. The predicted molar refractivity (Wildman–Crippen MR) is 52.7 cm³/mol. The summed E-state index contributed by atoms with van der Waals surface area (Å²) in [6.07, 6.45) is 6.18. The Morgan fingerprint density at radius 3 is 1.80 bits per heavy atom. The third-order valence-corrected chi connectivity index (χ3v) is 4.96. The van der Waals surface area contributed by atoms with Gasteiger partial charge in [-0.3, -0.25) is 9.59 Å². The van der Waals surface area contributed by atoms with Crippen LogP contribution in [0.25, 0.3) is 0 Å². The van der Waals surface area contributed by atoms with Gasteiger partial charge in [0.15, 0.2) is 0 Å². The van der Waals surface area contributed by atoms with Gasteiger partial charge in [0.05, 0.1) is 10.8 Å². The second-order valence-corrected chi connectivity index (χ2v) is 5.26. The zero-order valence-electron chi connectivity index (χ0n) is 8.95. The van der Waals surface area contributed by atoms with Crippen LogP contribution in [-0.4, -0.2) is 11.9 Å². The van der Waals surface area contributed by atoms with E-state index in [1.54, 1.807) is 0 Å². The lowest BCUT2D eigenvalue weighted by molar-refractivity contribution is -0.156. The number of hydrogen-bond donors (Lipinski definition) is 0. The van der Waals surface area contributed by atoms with Gasteiger partial charge < -0.3 is 4.74 Å². The molecular formula is C12H14O3. The van der Waals surface area contributed by atoms with Crippen molar-refractivity contribution in [1.29, 1.82) is 0 Å². The zero-order valence-corrected chi connectivity index (χ0v) is 8.95. The highest BCUT2D eigenvalue weighted by Crippen LogP contribution is 2.64. The summed E-state index contributed by atoms with van der Waals surface area (Å²) in [6, 6.07) is 0. The van der Waals surface area contributed by atoms with Crippen molar-refractivity contribution in [2.75, 3.05) is 0 Å². The van der Waals surface area contributed by atoms with Crippen molar-refractivity contribution < 1.29 is 14.3 Å². The number of fused-ring (bicyclic) bond motifs is 1. The van der Waals surface area contributed by atoms with Gasteiger partial charge in [0.25, 0.3) is 0 Å². The van der Waals surface area contributed by atoms with E-state index in [0.29, 0.717) is 0 Å². The van der Waals surface area contributed by atoms with Gasteiger partial charge in [0.2, 0.25) is 0 Å². The molecule has 3 heteroatoms. The first-order valence-corrected chi connectivity index (χ1v) is 5.46. The first-order valence-electron chi connectivity index (χ1n) is 5.46. The van der Waals surface area contributed by atoms with Gasteiger partial charge in [0.1, 0.15) is 0 Å². The molecule has 1 saturated carbocycles. The molecule has 0 unspecified atom stereocenters. The molecule has 0 radical (unpaired) electrons. The van der Waals surface area contributed by atoms with Crippen LogP contribution >= 0.6 is 0 Å². The molecule has 2 fully saturated rings. The predicted octanol–water partition coefficient (Wildman–Crippen LogP) is 1.68. The Kier molecular flexibility index (Phi) is 1.42. The van der Waals surface area contributed by atoms with E-state index in [-0.39, 0.29) is 23.8 Å². The van der Waals surface area contributed by atoms with Gasteiger partial charge in [-0.25, -0.2) is 0 Å². The Balaban J connectivity index is 2.25. The topological polar surface area (TPSA) is 43.4 Å². The smallest absolute Gasteiger partial charge is 0.321 e. The van der Waals surface area contributed by atoms with Crippen molar-refractivity contribution in [3.05, 3.63) is 12.2 Å². The molecule has 4 aliphatic rings. The molecule has 0 aromatic heterocycles. The average molecular weight is 206 g/mol. The van der Waals surface area contributed by atoms with Gasteiger partial charge in [-0.15, -0.1) is 0 Å². The summed E-state index contributed by atoms with van der Waals surface area (Å²) in [7, 11) is 0. The highest BCUT2D eigenvalue weighted by atomic mass is 16.6. The average Bonchev–Trinajstić information content (AvgIpc) is 2.42. The lowest BCUT2D eigenvalue weighted by Crippen LogP contribution is -2.54. The summed E-state index contributed by atoms with van der Waals surface area (Å²) in [6.45, 7) is 3.78. The van der Waals surface area contributed by atoms with Gasteiger partial charge in [-0.1, -0.05) is 12.2 Å². The number of carbonyl (C=O) groups is 2. The molecule has 1 aliphatic heterocycles. The summed E-state index contributed by atoms with van der Waals surface area (Å²) >= 11 is 0. The van der Waals surface area contributed by atoms with E-state index in [2.05, 4.69) is 12.2 Å². The van der Waals surface area contributed by atoms with Crippen LogP contribution in [0.5, 0.6) is 0 Å². The van der Waals surface area contributed by atoms with E-state index in [1.807, 2.05) is 13.8 Å². The van der Waals surface area contributed by atoms with Crippen LogP contribution in [0.4, 0.5) is 0 Å². The van der Waals surface area contributed by atoms with Crippen LogP contribution in [0, 0.1) is 22.7 Å². The Labute approximate surface area is 88.5 Å². The van der Waals surface area contributed by atoms with Crippen LogP contribution in [0.15, 0.2) is 12.2 Å². The molecule has 0 N–H and O–H groups in total. The van der Waals surface area contributed by atoms with Crippen molar-refractivity contribution in [1.82, 2.24) is 0 Å². The Bertz CT molecular complexity index is 362. The normalized spacial score (nSPS) is 51.9. The van der Waals surface area contributed by atoms with Crippen molar-refractivity contribution in [3.63, 3.8) is 0 Å². The zero-order chi connectivity index (χ0) is 10.8. The summed E-state index contributed by atoms with van der Waals surface area (Å²) in [5, 5.41) is 0. The first kappa shape index (κ1) is 9.13. The molecular weight excluding hydrogens is 192 g/mol. The Morgan fingerprint density at radius 2 is 1.47 bits per heavy atom. The first-order chi connectivity index (χ1) is 7.01. The van der Waals surface area contributed by atoms with E-state index in [4.69, 9.17) is 4.74 Å². The van der Waals surface area contributed by atoms with Crippen molar-refractivity contribution in [2.24, 2.45) is 22.7 Å². The van der Waals surface area contributed by atoms with E-state index >= 15 is 0 Å². The molecule has 3 nitrogen and oxygen atoms in total. The van der Waals surface area contributed by atoms with Gasteiger partial charge in [0, 0.05) is 0 Å². The van der Waals surface area contributed by atoms with Gasteiger partial charge in [-0.05, 0) is 38.5 Å². The lowest BCUT2D eigenvalue weighted by atomic mass is 9.47. The highest BCUT2D eigenvalue weighted by molar-refractivity contribution is 6.02. The van der Waals surface area contributed by atoms with Crippen molar-refractivity contribution >= 4 is 11.9 Å². The van der Waals surface area contributed by atoms with Crippen molar-refractivity contribution in [2.45, 2.75) is 26.7 Å². The molecule has 4 rings (SSSR count). The SMILES string of the molecule is C[C@@]12C(=O)OC(=O)[C@]1(C)[C@H]1C=C[C@H]2CC1. The number of hydrogen-bond acceptors (Lipinski definition) is 3. The van der Waals surface area contributed by atoms with E-state index in [9.17, 15) is 9.59 Å². The summed E-state index contributed by atoms with van der Waals surface area (Å²) in [5.41, 5.74) is -1.25. The minimum atomic E-state index is -0.623. The third-order valence-electron chi connectivity index (χ3n) is 4.96. The lowest BCUT2D eigenvalue weighted by Gasteiger charge is -2.51. The second kappa shape index (κ2) is 2.34. The molecule has 4 atom stereocenters. The van der Waals surface area contributed by atoms with Crippen LogP contribution in [0.3, 0.4) is 0 Å². The Hall–Kier alpha value is -1.12. The molecule has 0 aromatic carbocycles. The summed E-state index contributed by atoms with van der Waals surface area (Å²) in [5.74, 6) is -0.305. The van der Waals surface area contributed by atoms with Gasteiger partial charge >= 0.3 is 11.9 Å². The summed E-state index contributed by atoms with van der Waals surface area (Å²) < 4.78 is 4.88. The fraction of sp³-hybridized carbons (Fsp3) is 0.667. The van der Waals surface area contributed by atoms with E-state index in [0.717, 1.165) is 12.8 Å². The maximum atomic E-state index is 11.9. The number of cyclic esters (lactones) is 2. The van der Waals surface area contributed by atoms with Gasteiger partial charge in [-0.2, -0.15) is 0 Å². The molecule has 0 amide bonds. The van der Waals surface area contributed by atoms with Crippen LogP contribution < -0.4 is 0 Å². The molecule has 0 aromatic rings. The fourth-order valence-corrected chi connectivity index (χ4v) is 3.58. The number of ether oxygens (including phenoxy) is 1. The highest BCUT2D eigenvalue weighted by Gasteiger charge is 2.71. The standard InChI is InChI=1S/C12H14O3/c1-11-7-3-5-8(6-4-7)12(11,2)10(14)15-9(11)13/h3,5,7-8H,4,6H2,1-2H3/t7-,8-,11-,12+/m0/s1. The Morgan fingerprint density at radius 1 is 1.07 bits per heavy atom. The molecule has 0 spiro atoms. The number of esters is 2. The van der Waals surface area contributed by atoms with Crippen LogP contribution in [-0.2, 0) is 14.3 Å². The van der Waals surface area contributed by atoms with Crippen LogP contribution in [0.1, 0.15) is 26.7 Å². The third kappa shape index (κ3) is 0.724.